The van der Waals surface area contributed by atoms with E-state index in [2.05, 4.69) is 9.97 Å². The Morgan fingerprint density at radius 2 is 2.29 bits per heavy atom. The molecule has 0 aliphatic carbocycles. The fourth-order valence-electron chi connectivity index (χ4n) is 1.66. The maximum atomic E-state index is 11.3. The number of carboxylic acids is 1. The Balaban J connectivity index is 2.76. The number of aliphatic carboxylic acids is 1. The highest BCUT2D eigenvalue weighted by Gasteiger charge is 2.11. The van der Waals surface area contributed by atoms with Gasteiger partial charge in [0.2, 0.25) is 0 Å². The Hall–Kier alpha value is -2.37. The molecule has 0 unspecified atom stereocenters. The van der Waals surface area contributed by atoms with Crippen molar-refractivity contribution >= 4 is 16.9 Å². The minimum absolute atomic E-state index is 0.262. The van der Waals surface area contributed by atoms with Crippen molar-refractivity contribution in [3.05, 3.63) is 34.4 Å². The first kappa shape index (κ1) is 11.1. The van der Waals surface area contributed by atoms with Gasteiger partial charge in [0.05, 0.1) is 13.5 Å². The molecule has 0 saturated heterocycles. The number of hydrogen-bond acceptors (Lipinski definition) is 4. The number of methoxy groups -OCH3 is 1. The van der Waals surface area contributed by atoms with Gasteiger partial charge in [-0.1, -0.05) is 12.1 Å². The van der Waals surface area contributed by atoms with Crippen LogP contribution in [-0.4, -0.2) is 28.2 Å². The molecule has 1 aromatic carbocycles. The quantitative estimate of drug-likeness (QED) is 0.809. The number of H-pyrrole nitrogens is 1. The zero-order chi connectivity index (χ0) is 12.4. The summed E-state index contributed by atoms with van der Waals surface area (Å²) in [6.07, 6.45) is -0.262. The molecule has 0 aliphatic rings. The molecule has 17 heavy (non-hydrogen) atoms. The number of benzene rings is 1. The van der Waals surface area contributed by atoms with E-state index in [1.807, 2.05) is 0 Å². The summed E-state index contributed by atoms with van der Waals surface area (Å²) in [4.78, 5) is 28.3. The molecule has 2 rings (SSSR count). The number of para-hydroxylation sites is 1. The van der Waals surface area contributed by atoms with Crippen LogP contribution in [0.5, 0.6) is 5.75 Å². The van der Waals surface area contributed by atoms with Gasteiger partial charge in [0.15, 0.2) is 0 Å². The highest BCUT2D eigenvalue weighted by molar-refractivity contribution is 5.88. The van der Waals surface area contributed by atoms with Crippen molar-refractivity contribution in [1.82, 2.24) is 9.97 Å². The smallest absolute Gasteiger partial charge is 0.345 e. The second-order valence-electron chi connectivity index (χ2n) is 3.45. The SMILES string of the molecule is COc1cccc2c(CC(=O)O)[nH]c(=O)nc12. The van der Waals surface area contributed by atoms with Crippen LogP contribution >= 0.6 is 0 Å². The van der Waals surface area contributed by atoms with Gasteiger partial charge in [-0.15, -0.1) is 0 Å². The van der Waals surface area contributed by atoms with Gasteiger partial charge in [-0.2, -0.15) is 4.98 Å². The molecule has 2 aromatic rings. The standard InChI is InChI=1S/C11H10N2O4/c1-17-8-4-2-3-6-7(5-9(14)15)12-11(16)13-10(6)8/h2-4H,5H2,1H3,(H,14,15)(H,12,13,16). The van der Waals surface area contributed by atoms with Crippen molar-refractivity contribution in [2.75, 3.05) is 7.11 Å². The van der Waals surface area contributed by atoms with Crippen LogP contribution in [0.1, 0.15) is 5.69 Å². The lowest BCUT2D eigenvalue weighted by molar-refractivity contribution is -0.136. The number of hydrogen-bond donors (Lipinski definition) is 2. The summed E-state index contributed by atoms with van der Waals surface area (Å²) in [5.74, 6) is -0.573. The Morgan fingerprint density at radius 3 is 2.94 bits per heavy atom. The summed E-state index contributed by atoms with van der Waals surface area (Å²) in [7, 11) is 1.47. The molecule has 6 nitrogen and oxygen atoms in total. The van der Waals surface area contributed by atoms with Gasteiger partial charge in [0.25, 0.3) is 0 Å². The molecular weight excluding hydrogens is 224 g/mol. The first-order chi connectivity index (χ1) is 8.11. The zero-order valence-corrected chi connectivity index (χ0v) is 9.06. The molecule has 0 saturated carbocycles. The Bertz CT molecular complexity index is 633. The van der Waals surface area contributed by atoms with Crippen molar-refractivity contribution in [3.63, 3.8) is 0 Å². The molecular formula is C11H10N2O4. The van der Waals surface area contributed by atoms with Crippen LogP contribution in [0.2, 0.25) is 0 Å². The molecule has 0 fully saturated rings. The molecule has 0 radical (unpaired) electrons. The normalized spacial score (nSPS) is 10.4. The molecule has 2 N–H and O–H groups in total. The molecule has 88 valence electrons. The van der Waals surface area contributed by atoms with Crippen molar-refractivity contribution < 1.29 is 14.6 Å². The maximum Gasteiger partial charge on any atom is 0.345 e. The Morgan fingerprint density at radius 1 is 1.53 bits per heavy atom. The highest BCUT2D eigenvalue weighted by atomic mass is 16.5. The number of aromatic nitrogens is 2. The monoisotopic (exact) mass is 234 g/mol. The van der Waals surface area contributed by atoms with E-state index in [0.717, 1.165) is 0 Å². The molecule has 1 aromatic heterocycles. The van der Waals surface area contributed by atoms with Crippen LogP contribution in [0.25, 0.3) is 10.9 Å². The number of nitrogens with zero attached hydrogens (tertiary/aromatic N) is 1. The lowest BCUT2D eigenvalue weighted by Crippen LogP contribution is -2.16. The number of fused-ring (bicyclic) bond motifs is 1. The average Bonchev–Trinajstić information content (AvgIpc) is 2.27. The van der Waals surface area contributed by atoms with E-state index in [-0.39, 0.29) is 6.42 Å². The highest BCUT2D eigenvalue weighted by Crippen LogP contribution is 2.23. The fraction of sp³-hybridized carbons (Fsp3) is 0.182. The molecule has 0 amide bonds. The second-order valence-corrected chi connectivity index (χ2v) is 3.45. The van der Waals surface area contributed by atoms with Crippen LogP contribution in [0.4, 0.5) is 0 Å². The van der Waals surface area contributed by atoms with Gasteiger partial charge in [-0.25, -0.2) is 4.79 Å². The molecule has 1 heterocycles. The molecule has 0 atom stereocenters. The Labute approximate surface area is 95.9 Å². The van der Waals surface area contributed by atoms with Gasteiger partial charge in [0.1, 0.15) is 11.3 Å². The van der Waals surface area contributed by atoms with Crippen LogP contribution < -0.4 is 10.4 Å². The summed E-state index contributed by atoms with van der Waals surface area (Å²) in [5.41, 5.74) is 0.111. The van der Waals surface area contributed by atoms with Crippen molar-refractivity contribution in [3.8, 4) is 5.75 Å². The van der Waals surface area contributed by atoms with E-state index >= 15 is 0 Å². The second kappa shape index (κ2) is 4.25. The van der Waals surface area contributed by atoms with E-state index in [0.29, 0.717) is 22.3 Å². The predicted octanol–water partition coefficient (Wildman–Crippen LogP) is 0.559. The third-order valence-electron chi connectivity index (χ3n) is 2.34. The van der Waals surface area contributed by atoms with Gasteiger partial charge in [0, 0.05) is 11.1 Å². The van der Waals surface area contributed by atoms with Crippen molar-refractivity contribution in [2.24, 2.45) is 0 Å². The van der Waals surface area contributed by atoms with Crippen LogP contribution in [0, 0.1) is 0 Å². The summed E-state index contributed by atoms with van der Waals surface area (Å²) in [5, 5.41) is 9.35. The molecule has 6 heteroatoms. The van der Waals surface area contributed by atoms with Gasteiger partial charge in [-0.05, 0) is 6.07 Å². The van der Waals surface area contributed by atoms with Crippen molar-refractivity contribution in [2.45, 2.75) is 6.42 Å². The third-order valence-corrected chi connectivity index (χ3v) is 2.34. The van der Waals surface area contributed by atoms with E-state index in [4.69, 9.17) is 9.84 Å². The van der Waals surface area contributed by atoms with E-state index in [9.17, 15) is 9.59 Å². The molecule has 0 spiro atoms. The first-order valence-corrected chi connectivity index (χ1v) is 4.89. The maximum absolute atomic E-state index is 11.3. The zero-order valence-electron chi connectivity index (χ0n) is 9.06. The Kier molecular flexibility index (Phi) is 2.78. The van der Waals surface area contributed by atoms with Gasteiger partial charge >= 0.3 is 11.7 Å². The number of carboxylic acid groups (broad SMARTS) is 1. The molecule has 0 bridgehead atoms. The largest absolute Gasteiger partial charge is 0.494 e. The van der Waals surface area contributed by atoms with Crippen LogP contribution in [-0.2, 0) is 11.2 Å². The number of aromatic amines is 1. The minimum atomic E-state index is -1.02. The summed E-state index contributed by atoms with van der Waals surface area (Å²) >= 11 is 0. The van der Waals surface area contributed by atoms with Gasteiger partial charge in [-0.3, -0.25) is 4.79 Å². The lowest BCUT2D eigenvalue weighted by Gasteiger charge is -2.06. The lowest BCUT2D eigenvalue weighted by atomic mass is 10.1. The van der Waals surface area contributed by atoms with E-state index in [1.54, 1.807) is 18.2 Å². The molecule has 0 aliphatic heterocycles. The number of ether oxygens (including phenoxy) is 1. The van der Waals surface area contributed by atoms with E-state index in [1.165, 1.54) is 7.11 Å². The van der Waals surface area contributed by atoms with Gasteiger partial charge < -0.3 is 14.8 Å². The van der Waals surface area contributed by atoms with E-state index < -0.39 is 11.7 Å². The summed E-state index contributed by atoms with van der Waals surface area (Å²) in [6.45, 7) is 0. The summed E-state index contributed by atoms with van der Waals surface area (Å²) in [6, 6.07) is 5.07. The average molecular weight is 234 g/mol. The number of rotatable bonds is 3. The summed E-state index contributed by atoms with van der Waals surface area (Å²) < 4.78 is 5.08. The first-order valence-electron chi connectivity index (χ1n) is 4.89. The van der Waals surface area contributed by atoms with Crippen LogP contribution in [0.15, 0.2) is 23.0 Å². The fourth-order valence-corrected chi connectivity index (χ4v) is 1.66. The topological polar surface area (TPSA) is 92.3 Å². The van der Waals surface area contributed by atoms with Crippen LogP contribution in [0.3, 0.4) is 0 Å². The number of carbonyl (C=O) groups is 1. The third kappa shape index (κ3) is 2.10. The number of nitrogens with one attached hydrogen (secondary N) is 1. The predicted molar refractivity (Wildman–Crippen MR) is 60.3 cm³/mol. The van der Waals surface area contributed by atoms with Crippen molar-refractivity contribution in [1.29, 1.82) is 0 Å². The minimum Gasteiger partial charge on any atom is -0.494 e.